The number of amides is 3. The van der Waals surface area contributed by atoms with Crippen LogP contribution in [0.15, 0.2) is 60.1 Å². The Balaban J connectivity index is 1.91. The van der Waals surface area contributed by atoms with Crippen molar-refractivity contribution < 1.29 is 23.5 Å². The highest BCUT2D eigenvalue weighted by Gasteiger charge is 2.33. The molecule has 3 amide bonds. The van der Waals surface area contributed by atoms with Gasteiger partial charge < -0.3 is 15.4 Å². The molecule has 0 aliphatic heterocycles. The number of rotatable bonds is 11. The second kappa shape index (κ2) is 12.7. The SMILES string of the molecule is COCCNC(=O)[C@H](c1ccc(C)cc1)N(C(=O)CCC(=O)Nc1nccs1)c1cccc(F)c1. The largest absolute Gasteiger partial charge is 0.383 e. The molecule has 8 nitrogen and oxygen atoms in total. The lowest BCUT2D eigenvalue weighted by atomic mass is 10.0. The molecule has 0 saturated carbocycles. The van der Waals surface area contributed by atoms with Gasteiger partial charge in [-0.2, -0.15) is 0 Å². The summed E-state index contributed by atoms with van der Waals surface area (Å²) in [5.74, 6) is -1.89. The molecule has 0 aliphatic carbocycles. The van der Waals surface area contributed by atoms with Gasteiger partial charge in [0.05, 0.1) is 6.61 Å². The highest BCUT2D eigenvalue weighted by atomic mass is 32.1. The van der Waals surface area contributed by atoms with Crippen LogP contribution in [0.25, 0.3) is 0 Å². The van der Waals surface area contributed by atoms with Crippen LogP contribution in [0.5, 0.6) is 0 Å². The fourth-order valence-electron chi connectivity index (χ4n) is 3.41. The summed E-state index contributed by atoms with van der Waals surface area (Å²) in [6, 6.07) is 11.6. The van der Waals surface area contributed by atoms with Crippen LogP contribution in [0.1, 0.15) is 30.0 Å². The number of thiazole rings is 1. The number of hydrogen-bond acceptors (Lipinski definition) is 6. The molecule has 35 heavy (non-hydrogen) atoms. The van der Waals surface area contributed by atoms with Crippen LogP contribution in [0.3, 0.4) is 0 Å². The van der Waals surface area contributed by atoms with Gasteiger partial charge in [-0.15, -0.1) is 11.3 Å². The van der Waals surface area contributed by atoms with E-state index in [4.69, 9.17) is 4.74 Å². The lowest BCUT2D eigenvalue weighted by Crippen LogP contribution is -2.45. The molecule has 0 saturated heterocycles. The lowest BCUT2D eigenvalue weighted by molar-refractivity contribution is -0.127. The Bertz CT molecular complexity index is 1140. The molecule has 0 bridgehead atoms. The molecule has 0 unspecified atom stereocenters. The molecule has 0 spiro atoms. The van der Waals surface area contributed by atoms with Crippen LogP contribution in [0, 0.1) is 12.7 Å². The maximum atomic E-state index is 14.2. The average Bonchev–Trinajstić information content (AvgIpc) is 3.35. The molecule has 2 aromatic carbocycles. The Morgan fingerprint density at radius 2 is 1.91 bits per heavy atom. The molecule has 3 rings (SSSR count). The Morgan fingerprint density at radius 1 is 1.14 bits per heavy atom. The fourth-order valence-corrected chi connectivity index (χ4v) is 3.96. The van der Waals surface area contributed by atoms with Crippen molar-refractivity contribution in [2.24, 2.45) is 0 Å². The van der Waals surface area contributed by atoms with E-state index in [9.17, 15) is 18.8 Å². The molecule has 1 atom stereocenters. The highest BCUT2D eigenvalue weighted by molar-refractivity contribution is 7.13. The molecule has 0 fully saturated rings. The van der Waals surface area contributed by atoms with Crippen molar-refractivity contribution in [2.45, 2.75) is 25.8 Å². The van der Waals surface area contributed by atoms with Gasteiger partial charge in [-0.05, 0) is 30.7 Å². The van der Waals surface area contributed by atoms with E-state index >= 15 is 0 Å². The quantitative estimate of drug-likeness (QED) is 0.391. The zero-order valence-electron chi connectivity index (χ0n) is 19.5. The Hall–Kier alpha value is -3.63. The first-order valence-electron chi connectivity index (χ1n) is 11.0. The van der Waals surface area contributed by atoms with E-state index < -0.39 is 23.7 Å². The zero-order valence-corrected chi connectivity index (χ0v) is 20.3. The van der Waals surface area contributed by atoms with Crippen molar-refractivity contribution in [3.05, 3.63) is 77.1 Å². The predicted molar refractivity (Wildman–Crippen MR) is 133 cm³/mol. The van der Waals surface area contributed by atoms with Crippen molar-refractivity contribution in [2.75, 3.05) is 30.5 Å². The number of nitrogens with one attached hydrogen (secondary N) is 2. The molecule has 1 aromatic heterocycles. The molecular weight excluding hydrogens is 471 g/mol. The van der Waals surface area contributed by atoms with Crippen LogP contribution in [-0.2, 0) is 19.1 Å². The van der Waals surface area contributed by atoms with E-state index in [0.29, 0.717) is 10.7 Å². The Labute approximate surface area is 207 Å². The van der Waals surface area contributed by atoms with E-state index in [1.165, 1.54) is 41.5 Å². The molecule has 2 N–H and O–H groups in total. The summed E-state index contributed by atoms with van der Waals surface area (Å²) in [5.41, 5.74) is 1.74. The molecule has 184 valence electrons. The fraction of sp³-hybridized carbons (Fsp3) is 0.280. The third-order valence-corrected chi connectivity index (χ3v) is 5.79. The second-order valence-electron chi connectivity index (χ2n) is 7.73. The van der Waals surface area contributed by atoms with E-state index in [1.54, 1.807) is 29.8 Å². The van der Waals surface area contributed by atoms with Crippen molar-refractivity contribution in [3.63, 3.8) is 0 Å². The first-order valence-corrected chi connectivity index (χ1v) is 11.9. The molecule has 10 heteroatoms. The van der Waals surface area contributed by atoms with Crippen LogP contribution < -0.4 is 15.5 Å². The summed E-state index contributed by atoms with van der Waals surface area (Å²) >= 11 is 1.26. The third-order valence-electron chi connectivity index (χ3n) is 5.10. The maximum Gasteiger partial charge on any atom is 0.247 e. The summed E-state index contributed by atoms with van der Waals surface area (Å²) < 4.78 is 19.2. The first kappa shape index (κ1) is 26.0. The number of halogens is 1. The maximum absolute atomic E-state index is 14.2. The van der Waals surface area contributed by atoms with Gasteiger partial charge in [-0.25, -0.2) is 9.37 Å². The number of anilines is 2. The average molecular weight is 499 g/mol. The topological polar surface area (TPSA) is 101 Å². The summed E-state index contributed by atoms with van der Waals surface area (Å²) in [6.07, 6.45) is 1.24. The number of nitrogens with zero attached hydrogens (tertiary/aromatic N) is 2. The normalized spacial score (nSPS) is 11.5. The molecule has 3 aromatic rings. The number of carbonyl (C=O) groups is 3. The van der Waals surface area contributed by atoms with Crippen molar-refractivity contribution >= 4 is 39.9 Å². The van der Waals surface area contributed by atoms with Crippen molar-refractivity contribution in [1.29, 1.82) is 0 Å². The van der Waals surface area contributed by atoms with Crippen LogP contribution >= 0.6 is 11.3 Å². The zero-order chi connectivity index (χ0) is 25.2. The molecule has 0 aliphatic rings. The molecular formula is C25H27FN4O4S. The summed E-state index contributed by atoms with van der Waals surface area (Å²) in [4.78, 5) is 44.4. The van der Waals surface area contributed by atoms with Crippen molar-refractivity contribution in [3.8, 4) is 0 Å². The minimum Gasteiger partial charge on any atom is -0.383 e. The van der Waals surface area contributed by atoms with E-state index in [1.807, 2.05) is 19.1 Å². The van der Waals surface area contributed by atoms with Gasteiger partial charge in [-0.3, -0.25) is 19.3 Å². The van der Waals surface area contributed by atoms with Gasteiger partial charge in [0.2, 0.25) is 17.7 Å². The predicted octanol–water partition coefficient (Wildman–Crippen LogP) is 3.85. The number of ether oxygens (including phenoxy) is 1. The number of carbonyl (C=O) groups excluding carboxylic acids is 3. The van der Waals surface area contributed by atoms with Gasteiger partial charge in [0.1, 0.15) is 11.9 Å². The monoisotopic (exact) mass is 498 g/mol. The van der Waals surface area contributed by atoms with Crippen LogP contribution in [-0.4, -0.2) is 43.0 Å². The van der Waals surface area contributed by atoms with Gasteiger partial charge in [0.25, 0.3) is 0 Å². The second-order valence-corrected chi connectivity index (χ2v) is 8.62. The lowest BCUT2D eigenvalue weighted by Gasteiger charge is -2.31. The summed E-state index contributed by atoms with van der Waals surface area (Å²) in [6.45, 7) is 2.43. The third kappa shape index (κ3) is 7.43. The minimum atomic E-state index is -1.08. The van der Waals surface area contributed by atoms with E-state index in [2.05, 4.69) is 15.6 Å². The van der Waals surface area contributed by atoms with E-state index in [0.717, 1.165) is 5.56 Å². The highest BCUT2D eigenvalue weighted by Crippen LogP contribution is 2.30. The summed E-state index contributed by atoms with van der Waals surface area (Å²) in [7, 11) is 1.52. The summed E-state index contributed by atoms with van der Waals surface area (Å²) in [5, 5.41) is 7.56. The Morgan fingerprint density at radius 3 is 2.57 bits per heavy atom. The van der Waals surface area contributed by atoms with Gasteiger partial charge in [0, 0.05) is 43.8 Å². The number of aromatic nitrogens is 1. The standard InChI is InChI=1S/C25H27FN4O4S/c1-17-6-8-18(9-7-17)23(24(33)27-12-14-34-2)30(20-5-3-4-19(26)16-20)22(32)11-10-21(31)29-25-28-13-15-35-25/h3-9,13,15-16,23H,10-12,14H2,1-2H3,(H,27,33)(H,28,29,31)/t23-/m0/s1. The minimum absolute atomic E-state index is 0.129. The number of methoxy groups -OCH3 is 1. The number of benzene rings is 2. The van der Waals surface area contributed by atoms with Crippen LogP contribution in [0.4, 0.5) is 15.2 Å². The Kier molecular flexibility index (Phi) is 9.45. The van der Waals surface area contributed by atoms with Gasteiger partial charge >= 0.3 is 0 Å². The molecule has 0 radical (unpaired) electrons. The van der Waals surface area contributed by atoms with Crippen molar-refractivity contribution in [1.82, 2.24) is 10.3 Å². The number of aryl methyl sites for hydroxylation is 1. The van der Waals surface area contributed by atoms with Crippen LogP contribution in [0.2, 0.25) is 0 Å². The first-order chi connectivity index (χ1) is 16.9. The molecule has 1 heterocycles. The van der Waals surface area contributed by atoms with Gasteiger partial charge in [-0.1, -0.05) is 35.9 Å². The van der Waals surface area contributed by atoms with Gasteiger partial charge in [0.15, 0.2) is 5.13 Å². The number of hydrogen-bond donors (Lipinski definition) is 2. The van der Waals surface area contributed by atoms with E-state index in [-0.39, 0.29) is 37.6 Å². The smallest absolute Gasteiger partial charge is 0.247 e.